The maximum Gasteiger partial charge on any atom is 0.250 e. The van der Waals surface area contributed by atoms with E-state index in [2.05, 4.69) is 40.7 Å². The molecular weight excluding hydrogens is 428 g/mol. The fourth-order valence-corrected chi connectivity index (χ4v) is 3.97. The normalized spacial score (nSPS) is 14.6. The molecule has 0 atom stereocenters. The summed E-state index contributed by atoms with van der Waals surface area (Å²) < 4.78 is 0. The molecule has 0 bridgehead atoms. The Kier molecular flexibility index (Phi) is 6.15. The molecule has 0 aliphatic carbocycles. The van der Waals surface area contributed by atoms with E-state index in [1.807, 2.05) is 61.7 Å². The Morgan fingerprint density at radius 3 is 2.59 bits per heavy atom. The first-order chi connectivity index (χ1) is 16.7. The van der Waals surface area contributed by atoms with Crippen LogP contribution in [-0.2, 0) is 4.79 Å². The van der Waals surface area contributed by atoms with Crippen LogP contribution in [0.1, 0.15) is 24.0 Å². The molecule has 1 fully saturated rings. The molecule has 3 heterocycles. The van der Waals surface area contributed by atoms with Gasteiger partial charge in [-0.1, -0.05) is 35.9 Å². The molecule has 3 N–H and O–H groups in total. The number of aldehydes is 1. The van der Waals surface area contributed by atoms with Crippen molar-refractivity contribution in [1.29, 1.82) is 0 Å². The Hall–Kier alpha value is -4.27. The number of H-pyrrole nitrogens is 1. The third kappa shape index (κ3) is 4.88. The van der Waals surface area contributed by atoms with E-state index in [-0.39, 0.29) is 5.92 Å². The van der Waals surface area contributed by atoms with Crippen LogP contribution in [0.2, 0.25) is 0 Å². The van der Waals surface area contributed by atoms with Crippen molar-refractivity contribution in [2.75, 3.05) is 28.7 Å². The van der Waals surface area contributed by atoms with Crippen molar-refractivity contribution in [1.82, 2.24) is 19.9 Å². The van der Waals surface area contributed by atoms with Gasteiger partial charge in [-0.3, -0.25) is 0 Å². The predicted molar refractivity (Wildman–Crippen MR) is 135 cm³/mol. The van der Waals surface area contributed by atoms with Gasteiger partial charge in [0.1, 0.15) is 6.29 Å². The molecule has 0 amide bonds. The van der Waals surface area contributed by atoms with E-state index in [9.17, 15) is 4.79 Å². The molecule has 0 saturated carbocycles. The number of carbonyl (C=O) groups excluding carboxylic acids is 1. The van der Waals surface area contributed by atoms with E-state index in [0.717, 1.165) is 54.4 Å². The molecule has 172 valence electrons. The van der Waals surface area contributed by atoms with Crippen LogP contribution >= 0.6 is 0 Å². The van der Waals surface area contributed by atoms with E-state index in [0.29, 0.717) is 17.8 Å². The van der Waals surface area contributed by atoms with Crippen molar-refractivity contribution in [3.63, 3.8) is 0 Å². The van der Waals surface area contributed by atoms with Gasteiger partial charge in [0.25, 0.3) is 0 Å². The Labute approximate surface area is 197 Å². The van der Waals surface area contributed by atoms with Crippen LogP contribution in [0, 0.1) is 12.8 Å². The number of nitrogens with zero attached hydrogens (tertiary/aromatic N) is 5. The first-order valence-electron chi connectivity index (χ1n) is 11.3. The highest BCUT2D eigenvalue weighted by molar-refractivity contribution is 5.99. The lowest BCUT2D eigenvalue weighted by molar-refractivity contribution is -0.111. The molecule has 9 heteroatoms. The summed E-state index contributed by atoms with van der Waals surface area (Å²) in [6.07, 6.45) is 6.28. The summed E-state index contributed by atoms with van der Waals surface area (Å²) in [5, 5.41) is 8.71. The number of aromatic amines is 1. The first-order valence-corrected chi connectivity index (χ1v) is 11.3. The largest absolute Gasteiger partial charge is 0.361 e. The lowest BCUT2D eigenvalue weighted by atomic mass is 9.99. The number of anilines is 4. The minimum Gasteiger partial charge on any atom is -0.361 e. The summed E-state index contributed by atoms with van der Waals surface area (Å²) in [5.41, 5.74) is 7.03. The van der Waals surface area contributed by atoms with Crippen molar-refractivity contribution < 1.29 is 4.79 Å². The fourth-order valence-electron chi connectivity index (χ4n) is 3.97. The number of para-hydroxylation sites is 1. The zero-order valence-corrected chi connectivity index (χ0v) is 18.9. The highest BCUT2D eigenvalue weighted by Crippen LogP contribution is 2.23. The molecule has 2 aromatic heterocycles. The van der Waals surface area contributed by atoms with Crippen LogP contribution in [0.3, 0.4) is 0 Å². The zero-order valence-electron chi connectivity index (χ0n) is 18.9. The molecule has 1 saturated heterocycles. The summed E-state index contributed by atoms with van der Waals surface area (Å²) in [6, 6.07) is 16.1. The first kappa shape index (κ1) is 21.6. The molecule has 5 rings (SSSR count). The highest BCUT2D eigenvalue weighted by Gasteiger charge is 2.22. The molecule has 0 unspecified atom stereocenters. The summed E-state index contributed by atoms with van der Waals surface area (Å²) in [5.74, 6) is 1.42. The third-order valence-corrected chi connectivity index (χ3v) is 5.94. The van der Waals surface area contributed by atoms with Crippen molar-refractivity contribution in [2.45, 2.75) is 19.8 Å². The van der Waals surface area contributed by atoms with Gasteiger partial charge in [-0.25, -0.2) is 5.43 Å². The molecule has 2 aromatic carbocycles. The highest BCUT2D eigenvalue weighted by atomic mass is 16.1. The van der Waals surface area contributed by atoms with E-state index < -0.39 is 0 Å². The fraction of sp³-hybridized carbons (Fsp3) is 0.240. The second-order valence-corrected chi connectivity index (χ2v) is 8.39. The van der Waals surface area contributed by atoms with Gasteiger partial charge in [0.05, 0.1) is 6.21 Å². The van der Waals surface area contributed by atoms with E-state index in [1.165, 1.54) is 5.56 Å². The SMILES string of the molecule is Cc1ccc(Nc2nc(N/N=C/c3c[nH]c4ccccc34)nc(N3CCC(C=O)CC3)n2)cc1. The van der Waals surface area contributed by atoms with Crippen LogP contribution < -0.4 is 15.6 Å². The smallest absolute Gasteiger partial charge is 0.250 e. The zero-order chi connectivity index (χ0) is 23.3. The summed E-state index contributed by atoms with van der Waals surface area (Å²) in [4.78, 5) is 30.2. The lowest BCUT2D eigenvalue weighted by Crippen LogP contribution is -2.35. The molecule has 0 spiro atoms. The number of carbonyl (C=O) groups is 1. The number of hydrogen-bond acceptors (Lipinski definition) is 8. The molecular formula is C25H26N8O. The quantitative estimate of drug-likeness (QED) is 0.217. The Bertz CT molecular complexity index is 1310. The number of piperidine rings is 1. The second kappa shape index (κ2) is 9.70. The number of benzene rings is 2. The lowest BCUT2D eigenvalue weighted by Gasteiger charge is -2.29. The van der Waals surface area contributed by atoms with Gasteiger partial charge in [0, 0.05) is 47.4 Å². The van der Waals surface area contributed by atoms with Crippen LogP contribution in [-0.4, -0.2) is 45.5 Å². The number of nitrogens with one attached hydrogen (secondary N) is 3. The van der Waals surface area contributed by atoms with E-state index in [1.54, 1.807) is 6.21 Å². The van der Waals surface area contributed by atoms with Crippen LogP contribution in [0.15, 0.2) is 59.8 Å². The van der Waals surface area contributed by atoms with E-state index >= 15 is 0 Å². The monoisotopic (exact) mass is 454 g/mol. The Morgan fingerprint density at radius 2 is 1.79 bits per heavy atom. The van der Waals surface area contributed by atoms with Crippen molar-refractivity contribution >= 4 is 46.9 Å². The van der Waals surface area contributed by atoms with E-state index in [4.69, 9.17) is 0 Å². The van der Waals surface area contributed by atoms with Crippen molar-refractivity contribution in [3.8, 4) is 0 Å². The van der Waals surface area contributed by atoms with Gasteiger partial charge >= 0.3 is 0 Å². The van der Waals surface area contributed by atoms with Gasteiger partial charge in [-0.15, -0.1) is 0 Å². The van der Waals surface area contributed by atoms with Crippen LogP contribution in [0.5, 0.6) is 0 Å². The van der Waals surface area contributed by atoms with Gasteiger partial charge in [-0.05, 0) is 38.0 Å². The molecule has 4 aromatic rings. The number of aryl methyl sites for hydroxylation is 1. The minimum atomic E-state index is 0.0987. The summed E-state index contributed by atoms with van der Waals surface area (Å²) in [7, 11) is 0. The summed E-state index contributed by atoms with van der Waals surface area (Å²) in [6.45, 7) is 3.48. The Morgan fingerprint density at radius 1 is 1.03 bits per heavy atom. The molecule has 34 heavy (non-hydrogen) atoms. The maximum absolute atomic E-state index is 11.1. The molecule has 0 radical (unpaired) electrons. The van der Waals surface area contributed by atoms with Gasteiger partial charge in [0.2, 0.25) is 17.8 Å². The minimum absolute atomic E-state index is 0.0987. The molecule has 1 aliphatic rings. The molecule has 1 aliphatic heterocycles. The number of rotatable bonds is 7. The topological polar surface area (TPSA) is 111 Å². The Balaban J connectivity index is 1.39. The second-order valence-electron chi connectivity index (χ2n) is 8.39. The van der Waals surface area contributed by atoms with Gasteiger partial charge < -0.3 is 20.0 Å². The average molecular weight is 455 g/mol. The number of hydrazone groups is 1. The standard InChI is InChI=1S/C25H26N8O/c1-17-6-8-20(9-7-17)28-23-29-24(31-25(30-23)33-12-10-18(16-34)11-13-33)32-27-15-19-14-26-22-5-3-2-4-21(19)22/h2-9,14-16,18,26H,10-13H2,1H3,(H2,28,29,30,31,32)/b27-15+. The average Bonchev–Trinajstić information content (AvgIpc) is 3.28. The van der Waals surface area contributed by atoms with Gasteiger partial charge in [0.15, 0.2) is 0 Å². The third-order valence-electron chi connectivity index (χ3n) is 5.94. The predicted octanol–water partition coefficient (Wildman–Crippen LogP) is 4.27. The van der Waals surface area contributed by atoms with Gasteiger partial charge in [-0.2, -0.15) is 20.1 Å². The van der Waals surface area contributed by atoms with Crippen molar-refractivity contribution in [3.05, 3.63) is 65.9 Å². The maximum atomic E-state index is 11.1. The van der Waals surface area contributed by atoms with Crippen molar-refractivity contribution in [2.24, 2.45) is 11.0 Å². The summed E-state index contributed by atoms with van der Waals surface area (Å²) >= 11 is 0. The number of hydrogen-bond donors (Lipinski definition) is 3. The molecule has 9 nitrogen and oxygen atoms in total. The van der Waals surface area contributed by atoms with Crippen LogP contribution in [0.25, 0.3) is 10.9 Å². The number of fused-ring (bicyclic) bond motifs is 1. The number of aromatic nitrogens is 4. The van der Waals surface area contributed by atoms with Crippen LogP contribution in [0.4, 0.5) is 23.5 Å².